The fourth-order valence-electron chi connectivity index (χ4n) is 2.07. The Balaban J connectivity index is 2.11. The summed E-state index contributed by atoms with van der Waals surface area (Å²) >= 11 is -0.987. The molecule has 104 valence electrons. The van der Waals surface area contributed by atoms with Crippen molar-refractivity contribution in [3.8, 4) is 0 Å². The second kappa shape index (κ2) is 7.09. The van der Waals surface area contributed by atoms with Crippen molar-refractivity contribution >= 4 is 26.0 Å². The fourth-order valence-corrected chi connectivity index (χ4v) is 3.72. The van der Waals surface area contributed by atoms with E-state index >= 15 is 0 Å². The Morgan fingerprint density at radius 2 is 1.50 bits per heavy atom. The summed E-state index contributed by atoms with van der Waals surface area (Å²) in [5, 5.41) is 0. The zero-order valence-electron chi connectivity index (χ0n) is 12.3. The zero-order valence-corrected chi connectivity index (χ0v) is 14.9. The van der Waals surface area contributed by atoms with Crippen LogP contribution in [0.2, 0.25) is 13.6 Å². The van der Waals surface area contributed by atoms with Gasteiger partial charge in [0, 0.05) is 0 Å². The first-order chi connectivity index (χ1) is 9.58. The number of ketones is 1. The van der Waals surface area contributed by atoms with Gasteiger partial charge in [-0.15, -0.1) is 0 Å². The number of rotatable bonds is 5. The molecule has 2 heteroatoms. The maximum absolute atomic E-state index is 12.3. The molecule has 0 heterocycles. The molecule has 0 aliphatic heterocycles. The molecule has 0 fully saturated rings. The monoisotopic (exact) mass is 374 g/mol. The van der Waals surface area contributed by atoms with Gasteiger partial charge >= 0.3 is 129 Å². The van der Waals surface area contributed by atoms with Crippen LogP contribution in [0.4, 0.5) is 0 Å². The van der Waals surface area contributed by atoms with E-state index in [1.54, 1.807) is 0 Å². The molecule has 0 amide bonds. The van der Waals surface area contributed by atoms with E-state index in [4.69, 9.17) is 0 Å². The Bertz CT molecular complexity index is 558. The van der Waals surface area contributed by atoms with Gasteiger partial charge in [0.1, 0.15) is 0 Å². The van der Waals surface area contributed by atoms with Crippen molar-refractivity contribution in [3.05, 3.63) is 71.3 Å². The topological polar surface area (TPSA) is 17.1 Å². The van der Waals surface area contributed by atoms with Crippen LogP contribution in [0.3, 0.4) is 0 Å². The minimum absolute atomic E-state index is 0.103. The molecule has 2 aromatic carbocycles. The van der Waals surface area contributed by atoms with Crippen LogP contribution in [0.15, 0.2) is 54.6 Å². The number of benzene rings is 2. The van der Waals surface area contributed by atoms with Crippen LogP contribution < -0.4 is 0 Å². The van der Waals surface area contributed by atoms with Gasteiger partial charge in [-0.2, -0.15) is 0 Å². The van der Waals surface area contributed by atoms with E-state index in [0.717, 1.165) is 21.4 Å². The number of hydrogen-bond donors (Lipinski definition) is 0. The van der Waals surface area contributed by atoms with Gasteiger partial charge in [0.15, 0.2) is 0 Å². The number of carbonyl (C=O) groups is 1. The Kier molecular flexibility index (Phi) is 5.43. The summed E-state index contributed by atoms with van der Waals surface area (Å²) in [6.45, 7) is 2.35. The molecule has 1 atom stereocenters. The van der Waals surface area contributed by atoms with Crippen molar-refractivity contribution < 1.29 is 4.79 Å². The van der Waals surface area contributed by atoms with E-state index in [1.165, 1.54) is 5.56 Å². The first-order valence-electron chi connectivity index (χ1n) is 6.93. The average Bonchev–Trinajstić information content (AvgIpc) is 2.48. The van der Waals surface area contributed by atoms with Crippen LogP contribution in [0.25, 0.3) is 0 Å². The molecule has 1 unspecified atom stereocenters. The van der Waals surface area contributed by atoms with Crippen LogP contribution in [0.1, 0.15) is 28.4 Å². The summed E-state index contributed by atoms with van der Waals surface area (Å²) in [6.07, 6.45) is 1.15. The van der Waals surface area contributed by atoms with Crippen LogP contribution in [0.5, 0.6) is 0 Å². The average molecular weight is 375 g/mol. The van der Waals surface area contributed by atoms with E-state index in [0.29, 0.717) is 0 Å². The first kappa shape index (κ1) is 15.3. The zero-order chi connectivity index (χ0) is 14.5. The molecule has 0 aliphatic rings. The van der Waals surface area contributed by atoms with Crippen LogP contribution in [0, 0.1) is 0 Å². The third kappa shape index (κ3) is 3.96. The summed E-state index contributed by atoms with van der Waals surface area (Å²) in [6, 6.07) is 17.6. The molecule has 1 nitrogen and oxygen atoms in total. The van der Waals surface area contributed by atoms with Gasteiger partial charge in [0.05, 0.1) is 0 Å². The van der Waals surface area contributed by atoms with Gasteiger partial charge in [-0.05, 0) is 0 Å². The third-order valence-corrected chi connectivity index (χ3v) is 9.22. The van der Waals surface area contributed by atoms with Crippen molar-refractivity contribution in [1.82, 2.24) is 0 Å². The molecule has 0 saturated heterocycles. The first-order valence-corrected chi connectivity index (χ1v) is 13.5. The van der Waals surface area contributed by atoms with Gasteiger partial charge in [0.2, 0.25) is 0 Å². The van der Waals surface area contributed by atoms with Gasteiger partial charge in [-0.25, -0.2) is 0 Å². The van der Waals surface area contributed by atoms with Gasteiger partial charge in [-0.1, -0.05) is 0 Å². The molecule has 0 spiro atoms. The Hall–Kier alpha value is -1.07. The molecular formula is C18H21OSb. The minimum atomic E-state index is -0.987. The van der Waals surface area contributed by atoms with Crippen LogP contribution in [-0.2, 0) is 6.42 Å². The Morgan fingerprint density at radius 3 is 2.05 bits per heavy atom. The number of carbonyl (C=O) groups excluding carboxylic acids is 1. The van der Waals surface area contributed by atoms with Crippen molar-refractivity contribution in [3.63, 3.8) is 0 Å². The van der Waals surface area contributed by atoms with E-state index in [9.17, 15) is 4.79 Å². The molecule has 0 aliphatic carbocycles. The van der Waals surface area contributed by atoms with Gasteiger partial charge < -0.3 is 0 Å². The molecule has 20 heavy (non-hydrogen) atoms. The Labute approximate surface area is 129 Å². The van der Waals surface area contributed by atoms with Crippen molar-refractivity contribution in [1.29, 1.82) is 0 Å². The molecule has 0 saturated carbocycles. The molecular weight excluding hydrogens is 354 g/mol. The molecule has 0 bridgehead atoms. The molecule has 2 aromatic rings. The van der Waals surface area contributed by atoms with Crippen molar-refractivity contribution in [2.24, 2.45) is 0 Å². The van der Waals surface area contributed by atoms with Crippen LogP contribution in [-0.4, -0.2) is 26.0 Å². The quantitative estimate of drug-likeness (QED) is 0.551. The van der Waals surface area contributed by atoms with E-state index < -0.39 is 20.2 Å². The molecule has 0 aromatic heterocycles. The second-order valence-corrected chi connectivity index (χ2v) is 13.4. The van der Waals surface area contributed by atoms with Gasteiger partial charge in [-0.3, -0.25) is 0 Å². The summed E-state index contributed by atoms with van der Waals surface area (Å²) < 4.78 is 0.841. The summed E-state index contributed by atoms with van der Waals surface area (Å²) in [5.74, 6) is 0.103. The second-order valence-electron chi connectivity index (χ2n) is 5.41. The summed E-state index contributed by atoms with van der Waals surface area (Å²) in [5.41, 5.74) is 2.88. The number of hydrogen-bond acceptors (Lipinski definition) is 1. The molecule has 2 rings (SSSR count). The summed E-state index contributed by atoms with van der Waals surface area (Å²) in [4.78, 5) is 17.2. The normalized spacial score (nSPS) is 12.4. The molecule has 0 radical (unpaired) electrons. The summed E-state index contributed by atoms with van der Waals surface area (Å²) in [7, 11) is 0. The Morgan fingerprint density at radius 1 is 0.950 bits per heavy atom. The van der Waals surface area contributed by atoms with E-state index in [2.05, 4.69) is 28.8 Å². The van der Waals surface area contributed by atoms with Crippen molar-refractivity contribution in [2.45, 2.75) is 26.9 Å². The standard InChI is InChI=1S/C16H15O.2CH3.Sb/c1-2-6-13-9-11-15(12-10-13)16(17)14-7-4-3-5-8-14;;;/h2-5,7-12H,6H2,1H3;2*1H3;. The predicted octanol–water partition coefficient (Wildman–Crippen LogP) is 4.60. The fraction of sp³-hybridized carbons (Fsp3) is 0.278. The predicted molar refractivity (Wildman–Crippen MR) is 86.9 cm³/mol. The van der Waals surface area contributed by atoms with E-state index in [1.807, 2.05) is 42.5 Å². The van der Waals surface area contributed by atoms with E-state index in [-0.39, 0.29) is 5.78 Å². The van der Waals surface area contributed by atoms with Crippen LogP contribution >= 0.6 is 0 Å². The SMILES string of the molecule is C[CH](Cc1ccc(C(=O)c2ccccc2)cc1)[Sb]([CH3])[CH3]. The van der Waals surface area contributed by atoms with Crippen molar-refractivity contribution in [2.75, 3.05) is 0 Å². The van der Waals surface area contributed by atoms with Gasteiger partial charge in [0.25, 0.3) is 0 Å². The maximum atomic E-state index is 12.3. The molecule has 0 N–H and O–H groups in total. The third-order valence-electron chi connectivity index (χ3n) is 3.66.